The van der Waals surface area contributed by atoms with E-state index >= 15 is 0 Å². The molecule has 28 heavy (non-hydrogen) atoms. The maximum absolute atomic E-state index is 12.9. The lowest BCUT2D eigenvalue weighted by Crippen LogP contribution is -2.31. The molecule has 0 saturated carbocycles. The van der Waals surface area contributed by atoms with Crippen molar-refractivity contribution in [1.29, 1.82) is 0 Å². The van der Waals surface area contributed by atoms with Crippen molar-refractivity contribution in [3.8, 4) is 0 Å². The third-order valence-electron chi connectivity index (χ3n) is 5.25. The minimum atomic E-state index is -3.72. The number of halogens is 1. The molecule has 0 spiro atoms. The summed E-state index contributed by atoms with van der Waals surface area (Å²) in [5, 5.41) is 2.70. The summed E-state index contributed by atoms with van der Waals surface area (Å²) in [7, 11) is -3.72. The van der Waals surface area contributed by atoms with E-state index in [4.69, 9.17) is 0 Å². The summed E-state index contributed by atoms with van der Waals surface area (Å²) in [5.41, 5.74) is 5.24. The van der Waals surface area contributed by atoms with Crippen molar-refractivity contribution < 1.29 is 17.6 Å². The number of benzene rings is 2. The average Bonchev–Trinajstić information content (AvgIpc) is 2.64. The highest BCUT2D eigenvalue weighted by atomic mass is 32.2. The van der Waals surface area contributed by atoms with E-state index in [0.29, 0.717) is 4.90 Å². The molecule has 0 heterocycles. The van der Waals surface area contributed by atoms with E-state index in [2.05, 4.69) is 10.0 Å². The van der Waals surface area contributed by atoms with Crippen LogP contribution in [-0.4, -0.2) is 20.9 Å². The third-order valence-corrected chi connectivity index (χ3v) is 6.98. The topological polar surface area (TPSA) is 75.3 Å². The lowest BCUT2D eigenvalue weighted by molar-refractivity contribution is -0.121. The van der Waals surface area contributed by atoms with Gasteiger partial charge in [-0.2, -0.15) is 0 Å². The molecule has 5 nitrogen and oxygen atoms in total. The quantitative estimate of drug-likeness (QED) is 0.740. The van der Waals surface area contributed by atoms with Gasteiger partial charge in [-0.05, 0) is 80.1 Å². The van der Waals surface area contributed by atoms with Gasteiger partial charge in [-0.15, -0.1) is 0 Å². The maximum atomic E-state index is 12.9. The van der Waals surface area contributed by atoms with E-state index in [1.54, 1.807) is 26.0 Å². The summed E-state index contributed by atoms with van der Waals surface area (Å²) < 4.78 is 41.0. The van der Waals surface area contributed by atoms with Gasteiger partial charge in [0, 0.05) is 19.5 Å². The fourth-order valence-electron chi connectivity index (χ4n) is 3.13. The zero-order chi connectivity index (χ0) is 21.1. The largest absolute Gasteiger partial charge is 0.352 e. The van der Waals surface area contributed by atoms with E-state index in [9.17, 15) is 17.6 Å². The summed E-state index contributed by atoms with van der Waals surface area (Å²) in [5.74, 6) is -0.617. The highest BCUT2D eigenvalue weighted by Gasteiger charge is 2.23. The molecule has 2 aromatic rings. The number of carbonyl (C=O) groups excluding carboxylic acids is 1. The molecule has 0 fully saturated rings. The summed E-state index contributed by atoms with van der Waals surface area (Å²) >= 11 is 0. The number of rotatable bonds is 7. The molecule has 1 amide bonds. The average molecular weight is 407 g/mol. The standard InChI is InChI=1S/C21H27FN2O3S/c1-13-14(2)16(4)21(17(5)15(13)3)28(26,27)24-11-10-20(25)23-12-18-6-8-19(22)9-7-18/h6-9,24H,10-12H2,1-5H3,(H,23,25). The molecule has 7 heteroatoms. The maximum Gasteiger partial charge on any atom is 0.241 e. The smallest absolute Gasteiger partial charge is 0.241 e. The second kappa shape index (κ2) is 8.84. The van der Waals surface area contributed by atoms with Gasteiger partial charge in [-0.25, -0.2) is 17.5 Å². The Hall–Kier alpha value is -2.25. The molecule has 0 saturated heterocycles. The van der Waals surface area contributed by atoms with Gasteiger partial charge < -0.3 is 5.32 Å². The SMILES string of the molecule is Cc1c(C)c(C)c(S(=O)(=O)NCCC(=O)NCc2ccc(F)cc2)c(C)c1C. The Morgan fingerprint density at radius 3 is 1.93 bits per heavy atom. The molecule has 0 aliphatic carbocycles. The summed E-state index contributed by atoms with van der Waals surface area (Å²) in [6.45, 7) is 9.69. The van der Waals surface area contributed by atoms with Crippen LogP contribution in [-0.2, 0) is 21.4 Å². The van der Waals surface area contributed by atoms with E-state index < -0.39 is 10.0 Å². The Labute approximate surface area is 166 Å². The molecule has 152 valence electrons. The Morgan fingerprint density at radius 2 is 1.39 bits per heavy atom. The number of nitrogens with one attached hydrogen (secondary N) is 2. The molecular weight excluding hydrogens is 379 g/mol. The van der Waals surface area contributed by atoms with Crippen molar-refractivity contribution in [3.05, 3.63) is 63.5 Å². The second-order valence-electron chi connectivity index (χ2n) is 7.01. The van der Waals surface area contributed by atoms with Crippen LogP contribution in [0.15, 0.2) is 29.2 Å². The first kappa shape index (κ1) is 22.0. The van der Waals surface area contributed by atoms with E-state index in [-0.39, 0.29) is 31.2 Å². The third kappa shape index (κ3) is 4.97. The molecule has 0 aliphatic heterocycles. The molecule has 2 N–H and O–H groups in total. The number of sulfonamides is 1. The van der Waals surface area contributed by atoms with E-state index in [1.165, 1.54) is 12.1 Å². The Morgan fingerprint density at radius 1 is 0.893 bits per heavy atom. The number of hydrogen-bond donors (Lipinski definition) is 2. The predicted octanol–water partition coefficient (Wildman–Crippen LogP) is 3.35. The van der Waals surface area contributed by atoms with Gasteiger partial charge in [0.2, 0.25) is 15.9 Å². The number of hydrogen-bond acceptors (Lipinski definition) is 3. The van der Waals surface area contributed by atoms with E-state index in [1.807, 2.05) is 20.8 Å². The van der Waals surface area contributed by atoms with Crippen LogP contribution in [0.1, 0.15) is 39.8 Å². The van der Waals surface area contributed by atoms with Crippen LogP contribution in [0.4, 0.5) is 4.39 Å². The lowest BCUT2D eigenvalue weighted by Gasteiger charge is -2.19. The zero-order valence-corrected chi connectivity index (χ0v) is 17.8. The minimum absolute atomic E-state index is 0.00242. The molecule has 0 aliphatic rings. The fourth-order valence-corrected chi connectivity index (χ4v) is 4.76. The van der Waals surface area contributed by atoms with Crippen molar-refractivity contribution in [2.45, 2.75) is 52.5 Å². The van der Waals surface area contributed by atoms with Crippen LogP contribution < -0.4 is 10.0 Å². The zero-order valence-electron chi connectivity index (χ0n) is 16.9. The first-order valence-corrected chi connectivity index (χ1v) is 10.6. The van der Waals surface area contributed by atoms with Gasteiger partial charge in [0.05, 0.1) is 4.90 Å². The first-order valence-electron chi connectivity index (χ1n) is 9.12. The van der Waals surface area contributed by atoms with Gasteiger partial charge in [-0.1, -0.05) is 12.1 Å². The molecule has 0 bridgehead atoms. The fraction of sp³-hybridized carbons (Fsp3) is 0.381. The predicted molar refractivity (Wildman–Crippen MR) is 108 cm³/mol. The molecule has 0 unspecified atom stereocenters. The van der Waals surface area contributed by atoms with Crippen molar-refractivity contribution in [2.24, 2.45) is 0 Å². The Kier molecular flexibility index (Phi) is 6.96. The molecule has 0 radical (unpaired) electrons. The molecule has 2 aromatic carbocycles. The van der Waals surface area contributed by atoms with Crippen LogP contribution in [0.2, 0.25) is 0 Å². The van der Waals surface area contributed by atoms with Gasteiger partial charge in [0.25, 0.3) is 0 Å². The van der Waals surface area contributed by atoms with Crippen molar-refractivity contribution >= 4 is 15.9 Å². The Bertz CT molecular complexity index is 955. The van der Waals surface area contributed by atoms with Crippen molar-refractivity contribution in [1.82, 2.24) is 10.0 Å². The number of carbonyl (C=O) groups is 1. The molecule has 2 rings (SSSR count). The highest BCUT2D eigenvalue weighted by Crippen LogP contribution is 2.29. The molecule has 0 aromatic heterocycles. The van der Waals surface area contributed by atoms with Crippen LogP contribution >= 0.6 is 0 Å². The van der Waals surface area contributed by atoms with Crippen molar-refractivity contribution in [2.75, 3.05) is 6.54 Å². The molecular formula is C21H27FN2O3S. The van der Waals surface area contributed by atoms with Crippen LogP contribution in [0, 0.1) is 40.4 Å². The van der Waals surface area contributed by atoms with Crippen LogP contribution in [0.3, 0.4) is 0 Å². The van der Waals surface area contributed by atoms with Gasteiger partial charge in [0.1, 0.15) is 5.82 Å². The normalized spacial score (nSPS) is 11.5. The highest BCUT2D eigenvalue weighted by molar-refractivity contribution is 7.89. The summed E-state index contributed by atoms with van der Waals surface area (Å²) in [4.78, 5) is 12.3. The van der Waals surface area contributed by atoms with Gasteiger partial charge in [0.15, 0.2) is 0 Å². The second-order valence-corrected chi connectivity index (χ2v) is 8.71. The minimum Gasteiger partial charge on any atom is -0.352 e. The molecule has 0 atom stereocenters. The Balaban J connectivity index is 1.98. The summed E-state index contributed by atoms with van der Waals surface area (Å²) in [6.07, 6.45) is 0.0162. The van der Waals surface area contributed by atoms with Gasteiger partial charge >= 0.3 is 0 Å². The number of amides is 1. The van der Waals surface area contributed by atoms with Crippen molar-refractivity contribution in [3.63, 3.8) is 0 Å². The first-order chi connectivity index (χ1) is 13.0. The summed E-state index contributed by atoms with van der Waals surface area (Å²) in [6, 6.07) is 5.83. The monoisotopic (exact) mass is 406 g/mol. The van der Waals surface area contributed by atoms with Crippen LogP contribution in [0.25, 0.3) is 0 Å². The van der Waals surface area contributed by atoms with Crippen LogP contribution in [0.5, 0.6) is 0 Å². The van der Waals surface area contributed by atoms with E-state index in [0.717, 1.165) is 33.4 Å². The lowest BCUT2D eigenvalue weighted by atomic mass is 9.95. The van der Waals surface area contributed by atoms with Gasteiger partial charge in [-0.3, -0.25) is 4.79 Å².